The highest BCUT2D eigenvalue weighted by atomic mass is 16.3. The van der Waals surface area contributed by atoms with Crippen LogP contribution in [-0.4, -0.2) is 35.7 Å². The first-order chi connectivity index (χ1) is 5.00. The van der Waals surface area contributed by atoms with Gasteiger partial charge in [-0.1, -0.05) is 6.08 Å². The standard InChI is InChI=1S/C9H17NO/c1-9(2,11)8-4-6-10(3)7-5-8/h4,11H,5-7H2,1-3H3. The Hall–Kier alpha value is -0.340. The van der Waals surface area contributed by atoms with Gasteiger partial charge in [0.15, 0.2) is 0 Å². The van der Waals surface area contributed by atoms with Gasteiger partial charge in [-0.25, -0.2) is 0 Å². The highest BCUT2D eigenvalue weighted by molar-refractivity contribution is 5.16. The Morgan fingerprint density at radius 1 is 1.55 bits per heavy atom. The lowest BCUT2D eigenvalue weighted by atomic mass is 9.93. The number of likely N-dealkylation sites (N-methyl/N-ethyl adjacent to an activating group) is 1. The minimum absolute atomic E-state index is 0.610. The molecule has 0 radical (unpaired) electrons. The predicted molar refractivity (Wildman–Crippen MR) is 46.5 cm³/mol. The average molecular weight is 155 g/mol. The maximum atomic E-state index is 9.64. The third kappa shape index (κ3) is 2.31. The van der Waals surface area contributed by atoms with Gasteiger partial charge in [-0.2, -0.15) is 0 Å². The van der Waals surface area contributed by atoms with Crippen LogP contribution in [0.15, 0.2) is 11.6 Å². The Balaban J connectivity index is 2.62. The van der Waals surface area contributed by atoms with Gasteiger partial charge in [-0.05, 0) is 32.9 Å². The van der Waals surface area contributed by atoms with E-state index in [1.807, 2.05) is 13.8 Å². The van der Waals surface area contributed by atoms with Crippen molar-refractivity contribution in [1.82, 2.24) is 4.90 Å². The van der Waals surface area contributed by atoms with Gasteiger partial charge in [0.25, 0.3) is 0 Å². The lowest BCUT2D eigenvalue weighted by molar-refractivity contribution is 0.110. The van der Waals surface area contributed by atoms with Crippen molar-refractivity contribution >= 4 is 0 Å². The van der Waals surface area contributed by atoms with E-state index in [0.717, 1.165) is 19.5 Å². The Labute approximate surface area is 68.5 Å². The summed E-state index contributed by atoms with van der Waals surface area (Å²) in [5.74, 6) is 0. The molecule has 0 aromatic rings. The number of aliphatic hydroxyl groups is 1. The van der Waals surface area contributed by atoms with Crippen molar-refractivity contribution in [2.75, 3.05) is 20.1 Å². The van der Waals surface area contributed by atoms with Gasteiger partial charge < -0.3 is 10.0 Å². The fraction of sp³-hybridized carbons (Fsp3) is 0.778. The van der Waals surface area contributed by atoms with Crippen LogP contribution in [0.4, 0.5) is 0 Å². The van der Waals surface area contributed by atoms with Gasteiger partial charge in [0.1, 0.15) is 0 Å². The molecule has 2 nitrogen and oxygen atoms in total. The van der Waals surface area contributed by atoms with Crippen molar-refractivity contribution in [2.24, 2.45) is 0 Å². The van der Waals surface area contributed by atoms with Gasteiger partial charge in [0, 0.05) is 13.1 Å². The van der Waals surface area contributed by atoms with Crippen LogP contribution in [0.3, 0.4) is 0 Å². The van der Waals surface area contributed by atoms with Crippen LogP contribution >= 0.6 is 0 Å². The summed E-state index contributed by atoms with van der Waals surface area (Å²) in [6, 6.07) is 0. The summed E-state index contributed by atoms with van der Waals surface area (Å²) < 4.78 is 0. The van der Waals surface area contributed by atoms with Gasteiger partial charge >= 0.3 is 0 Å². The molecule has 0 aliphatic carbocycles. The Kier molecular flexibility index (Phi) is 2.35. The minimum atomic E-state index is -0.610. The molecule has 0 aromatic heterocycles. The molecule has 0 saturated heterocycles. The second kappa shape index (κ2) is 2.95. The monoisotopic (exact) mass is 155 g/mol. The van der Waals surface area contributed by atoms with E-state index in [0.29, 0.717) is 0 Å². The summed E-state index contributed by atoms with van der Waals surface area (Å²) in [4.78, 5) is 2.25. The number of nitrogens with zero attached hydrogens (tertiary/aromatic N) is 1. The van der Waals surface area contributed by atoms with Crippen LogP contribution in [0.5, 0.6) is 0 Å². The van der Waals surface area contributed by atoms with E-state index < -0.39 is 5.60 Å². The molecule has 1 aliphatic heterocycles. The van der Waals surface area contributed by atoms with Gasteiger partial charge in [-0.3, -0.25) is 0 Å². The highest BCUT2D eigenvalue weighted by Gasteiger charge is 2.21. The molecule has 2 heteroatoms. The molecule has 0 aromatic carbocycles. The molecule has 0 spiro atoms. The second-order valence-corrected chi connectivity index (χ2v) is 3.80. The van der Waals surface area contributed by atoms with Crippen LogP contribution in [-0.2, 0) is 0 Å². The van der Waals surface area contributed by atoms with E-state index in [-0.39, 0.29) is 0 Å². The van der Waals surface area contributed by atoms with Gasteiger partial charge in [0.05, 0.1) is 5.60 Å². The van der Waals surface area contributed by atoms with E-state index >= 15 is 0 Å². The first kappa shape index (κ1) is 8.75. The second-order valence-electron chi connectivity index (χ2n) is 3.80. The predicted octanol–water partition coefficient (Wildman–Crippen LogP) is 1.02. The summed E-state index contributed by atoms with van der Waals surface area (Å²) in [6.07, 6.45) is 3.13. The molecule has 0 amide bonds. The molecule has 0 bridgehead atoms. The minimum Gasteiger partial charge on any atom is -0.386 e. The number of rotatable bonds is 1. The van der Waals surface area contributed by atoms with Gasteiger partial charge in [-0.15, -0.1) is 0 Å². The fourth-order valence-corrected chi connectivity index (χ4v) is 1.33. The zero-order valence-electron chi connectivity index (χ0n) is 7.59. The lowest BCUT2D eigenvalue weighted by Gasteiger charge is -2.28. The molecule has 1 rings (SSSR count). The molecule has 64 valence electrons. The summed E-state index contributed by atoms with van der Waals surface area (Å²) in [5, 5.41) is 9.64. The number of hydrogen-bond acceptors (Lipinski definition) is 2. The molecule has 11 heavy (non-hydrogen) atoms. The molecular weight excluding hydrogens is 138 g/mol. The summed E-state index contributed by atoms with van der Waals surface area (Å²) in [6.45, 7) is 5.74. The third-order valence-electron chi connectivity index (χ3n) is 2.20. The maximum absolute atomic E-state index is 9.64. The van der Waals surface area contributed by atoms with Crippen LogP contribution in [0.1, 0.15) is 20.3 Å². The van der Waals surface area contributed by atoms with Crippen LogP contribution in [0.25, 0.3) is 0 Å². The lowest BCUT2D eigenvalue weighted by Crippen LogP contribution is -2.31. The van der Waals surface area contributed by atoms with Crippen molar-refractivity contribution < 1.29 is 5.11 Å². The van der Waals surface area contributed by atoms with E-state index in [1.165, 1.54) is 5.57 Å². The average Bonchev–Trinajstić information content (AvgIpc) is 1.86. The van der Waals surface area contributed by atoms with E-state index in [9.17, 15) is 5.11 Å². The molecule has 1 heterocycles. The first-order valence-electron chi connectivity index (χ1n) is 4.10. The maximum Gasteiger partial charge on any atom is 0.0801 e. The van der Waals surface area contributed by atoms with Crippen molar-refractivity contribution in [3.63, 3.8) is 0 Å². The first-order valence-corrected chi connectivity index (χ1v) is 4.10. The third-order valence-corrected chi connectivity index (χ3v) is 2.20. The number of hydrogen-bond donors (Lipinski definition) is 1. The molecule has 0 fully saturated rings. The zero-order chi connectivity index (χ0) is 8.48. The van der Waals surface area contributed by atoms with Crippen LogP contribution in [0, 0.1) is 0 Å². The molecule has 1 aliphatic rings. The van der Waals surface area contributed by atoms with Crippen molar-refractivity contribution in [1.29, 1.82) is 0 Å². The topological polar surface area (TPSA) is 23.5 Å². The Morgan fingerprint density at radius 2 is 2.18 bits per heavy atom. The van der Waals surface area contributed by atoms with E-state index in [4.69, 9.17) is 0 Å². The van der Waals surface area contributed by atoms with E-state index in [1.54, 1.807) is 0 Å². The summed E-state index contributed by atoms with van der Waals surface area (Å²) >= 11 is 0. The molecular formula is C9H17NO. The Bertz CT molecular complexity index is 167. The van der Waals surface area contributed by atoms with Crippen molar-refractivity contribution in [2.45, 2.75) is 25.9 Å². The normalized spacial score (nSPS) is 21.6. The molecule has 0 atom stereocenters. The van der Waals surface area contributed by atoms with Crippen LogP contribution in [0.2, 0.25) is 0 Å². The summed E-state index contributed by atoms with van der Waals surface area (Å²) in [7, 11) is 2.09. The SMILES string of the molecule is CN1CC=C(C(C)(C)O)CC1. The molecule has 0 saturated carbocycles. The van der Waals surface area contributed by atoms with Gasteiger partial charge in [0.2, 0.25) is 0 Å². The Morgan fingerprint density at radius 3 is 2.55 bits per heavy atom. The largest absolute Gasteiger partial charge is 0.386 e. The fourth-order valence-electron chi connectivity index (χ4n) is 1.33. The summed E-state index contributed by atoms with van der Waals surface area (Å²) in [5.41, 5.74) is 0.567. The smallest absolute Gasteiger partial charge is 0.0801 e. The van der Waals surface area contributed by atoms with Crippen molar-refractivity contribution in [3.05, 3.63) is 11.6 Å². The van der Waals surface area contributed by atoms with E-state index in [2.05, 4.69) is 18.0 Å². The zero-order valence-corrected chi connectivity index (χ0v) is 7.59. The molecule has 0 unspecified atom stereocenters. The van der Waals surface area contributed by atoms with Crippen molar-refractivity contribution in [3.8, 4) is 0 Å². The quantitative estimate of drug-likeness (QED) is 0.571. The molecule has 1 N–H and O–H groups in total. The van der Waals surface area contributed by atoms with Crippen LogP contribution < -0.4 is 0 Å². The highest BCUT2D eigenvalue weighted by Crippen LogP contribution is 2.21.